The molecule has 0 unspecified atom stereocenters. The van der Waals surface area contributed by atoms with E-state index in [0.717, 1.165) is 52.4 Å². The Balaban J connectivity index is 1.56. The van der Waals surface area contributed by atoms with Gasteiger partial charge in [-0.15, -0.1) is 0 Å². The number of hydrogen-bond acceptors (Lipinski definition) is 4. The van der Waals surface area contributed by atoms with Crippen molar-refractivity contribution < 1.29 is 14.1 Å². The summed E-state index contributed by atoms with van der Waals surface area (Å²) in [5, 5.41) is 7.32. The van der Waals surface area contributed by atoms with E-state index in [1.54, 1.807) is 7.11 Å². The Morgan fingerprint density at radius 3 is 2.59 bits per heavy atom. The van der Waals surface area contributed by atoms with Gasteiger partial charge in [0.05, 0.1) is 7.11 Å². The third-order valence-corrected chi connectivity index (χ3v) is 5.12. The van der Waals surface area contributed by atoms with E-state index in [1.165, 1.54) is 5.56 Å². The van der Waals surface area contributed by atoms with Gasteiger partial charge < -0.3 is 14.6 Å². The quantitative estimate of drug-likeness (QED) is 0.640. The largest absolute Gasteiger partial charge is 0.497 e. The Labute approximate surface area is 171 Å². The molecule has 29 heavy (non-hydrogen) atoms. The molecule has 3 aromatic rings. The molecule has 1 amide bonds. The predicted octanol–water partition coefficient (Wildman–Crippen LogP) is 5.49. The molecular formula is C24H26N2O3. The number of carbonyl (C=O) groups is 1. The van der Waals surface area contributed by atoms with Gasteiger partial charge in [-0.05, 0) is 66.3 Å². The summed E-state index contributed by atoms with van der Waals surface area (Å²) in [6.07, 6.45) is 2.28. The van der Waals surface area contributed by atoms with Crippen LogP contribution in [0.5, 0.6) is 5.75 Å². The molecule has 0 spiro atoms. The summed E-state index contributed by atoms with van der Waals surface area (Å²) in [5.74, 6) is 1.68. The number of aromatic nitrogens is 1. The highest BCUT2D eigenvalue weighted by molar-refractivity contribution is 5.91. The molecule has 0 saturated heterocycles. The van der Waals surface area contributed by atoms with Crippen molar-refractivity contribution in [2.24, 2.45) is 5.41 Å². The van der Waals surface area contributed by atoms with Gasteiger partial charge in [0.1, 0.15) is 11.4 Å². The predicted molar refractivity (Wildman–Crippen MR) is 114 cm³/mol. The molecule has 1 heterocycles. The van der Waals surface area contributed by atoms with Crippen molar-refractivity contribution >= 4 is 11.6 Å². The van der Waals surface area contributed by atoms with Crippen LogP contribution in [0.3, 0.4) is 0 Å². The highest BCUT2D eigenvalue weighted by Crippen LogP contribution is 2.39. The van der Waals surface area contributed by atoms with E-state index in [9.17, 15) is 4.79 Å². The second-order valence-corrected chi connectivity index (χ2v) is 8.72. The minimum atomic E-state index is -0.0385. The first-order chi connectivity index (χ1) is 13.8. The van der Waals surface area contributed by atoms with E-state index in [1.807, 2.05) is 36.4 Å². The van der Waals surface area contributed by atoms with E-state index in [2.05, 4.69) is 37.3 Å². The molecule has 2 aromatic carbocycles. The molecule has 5 nitrogen and oxygen atoms in total. The number of nitrogens with zero attached hydrogens (tertiary/aromatic N) is 1. The van der Waals surface area contributed by atoms with Crippen molar-refractivity contribution in [2.75, 3.05) is 12.4 Å². The molecule has 4 rings (SSSR count). The van der Waals surface area contributed by atoms with Gasteiger partial charge in [0, 0.05) is 28.8 Å². The first kappa shape index (κ1) is 19.2. The van der Waals surface area contributed by atoms with Gasteiger partial charge in [0.15, 0.2) is 5.76 Å². The fraction of sp³-hybridized carbons (Fsp3) is 0.333. The van der Waals surface area contributed by atoms with Crippen LogP contribution in [-0.4, -0.2) is 18.2 Å². The van der Waals surface area contributed by atoms with Crippen molar-refractivity contribution in [1.82, 2.24) is 5.16 Å². The first-order valence-electron chi connectivity index (χ1n) is 9.90. The van der Waals surface area contributed by atoms with Gasteiger partial charge in [-0.2, -0.15) is 0 Å². The summed E-state index contributed by atoms with van der Waals surface area (Å²) in [5.41, 5.74) is 6.09. The molecule has 0 aliphatic heterocycles. The lowest BCUT2D eigenvalue weighted by molar-refractivity contribution is -0.117. The first-order valence-corrected chi connectivity index (χ1v) is 9.90. The molecule has 1 aromatic heterocycles. The molecule has 1 aliphatic rings. The summed E-state index contributed by atoms with van der Waals surface area (Å²) in [4.78, 5) is 12.1. The number of nitrogens with one attached hydrogen (secondary N) is 1. The lowest BCUT2D eigenvalue weighted by atomic mass is 9.88. The number of aryl methyl sites for hydroxylation is 1. The Morgan fingerprint density at radius 1 is 1.14 bits per heavy atom. The lowest BCUT2D eigenvalue weighted by Gasteiger charge is -2.17. The maximum Gasteiger partial charge on any atom is 0.224 e. The number of hydrogen-bond donors (Lipinski definition) is 1. The third kappa shape index (κ3) is 4.04. The van der Waals surface area contributed by atoms with Crippen LogP contribution in [0.1, 0.15) is 38.3 Å². The van der Waals surface area contributed by atoms with Crippen LogP contribution in [0, 0.1) is 5.41 Å². The van der Waals surface area contributed by atoms with Gasteiger partial charge in [-0.25, -0.2) is 0 Å². The lowest BCUT2D eigenvalue weighted by Crippen LogP contribution is -2.19. The Hall–Kier alpha value is -3.08. The van der Waals surface area contributed by atoms with Crippen molar-refractivity contribution in [3.8, 4) is 28.3 Å². The van der Waals surface area contributed by atoms with Crippen LogP contribution in [-0.2, 0) is 17.6 Å². The molecule has 5 heteroatoms. The molecule has 0 saturated carbocycles. The van der Waals surface area contributed by atoms with Crippen molar-refractivity contribution in [2.45, 2.75) is 40.0 Å². The van der Waals surface area contributed by atoms with Crippen LogP contribution in [0.4, 0.5) is 5.69 Å². The van der Waals surface area contributed by atoms with Gasteiger partial charge >= 0.3 is 0 Å². The van der Waals surface area contributed by atoms with E-state index >= 15 is 0 Å². The number of ether oxygens (including phenoxy) is 1. The maximum absolute atomic E-state index is 12.1. The van der Waals surface area contributed by atoms with Crippen molar-refractivity contribution in [3.05, 3.63) is 53.6 Å². The normalized spacial score (nSPS) is 12.8. The second kappa shape index (κ2) is 7.39. The summed E-state index contributed by atoms with van der Waals surface area (Å²) < 4.78 is 11.1. The number of anilines is 1. The van der Waals surface area contributed by atoms with Gasteiger partial charge in [0.25, 0.3) is 0 Å². The molecule has 0 radical (unpaired) electrons. The average Bonchev–Trinajstić information content (AvgIpc) is 3.11. The molecule has 0 fully saturated rings. The number of methoxy groups -OCH3 is 1. The zero-order valence-electron chi connectivity index (χ0n) is 17.3. The Morgan fingerprint density at radius 2 is 1.90 bits per heavy atom. The number of benzene rings is 2. The highest BCUT2D eigenvalue weighted by atomic mass is 16.5. The standard InChI is InChI=1S/C24H26N2O3/c1-24(2,3)14-21(27)25-17-8-5-15(6-9-17)23-20-11-7-16-13-18(28-4)10-12-19(16)22(20)26-29-23/h5-6,8-10,12-13H,7,11,14H2,1-4H3,(H,25,27). The summed E-state index contributed by atoms with van der Waals surface area (Å²) in [7, 11) is 1.68. The Kier molecular flexibility index (Phi) is 4.91. The minimum absolute atomic E-state index is 0.0225. The van der Waals surface area contributed by atoms with E-state index < -0.39 is 0 Å². The molecular weight excluding hydrogens is 364 g/mol. The fourth-order valence-electron chi connectivity index (χ4n) is 3.77. The zero-order chi connectivity index (χ0) is 20.6. The molecule has 0 atom stereocenters. The second-order valence-electron chi connectivity index (χ2n) is 8.72. The summed E-state index contributed by atoms with van der Waals surface area (Å²) >= 11 is 0. The minimum Gasteiger partial charge on any atom is -0.497 e. The molecule has 150 valence electrons. The zero-order valence-corrected chi connectivity index (χ0v) is 17.3. The Bertz CT molecular complexity index is 1040. The number of fused-ring (bicyclic) bond motifs is 3. The van der Waals surface area contributed by atoms with Crippen LogP contribution in [0.2, 0.25) is 0 Å². The van der Waals surface area contributed by atoms with E-state index in [0.29, 0.717) is 6.42 Å². The summed E-state index contributed by atoms with van der Waals surface area (Å²) in [6.45, 7) is 6.16. The smallest absolute Gasteiger partial charge is 0.224 e. The third-order valence-electron chi connectivity index (χ3n) is 5.12. The van der Waals surface area contributed by atoms with Gasteiger partial charge in [0.2, 0.25) is 5.91 Å². The van der Waals surface area contributed by atoms with E-state index in [-0.39, 0.29) is 11.3 Å². The number of carbonyl (C=O) groups excluding carboxylic acids is 1. The van der Waals surface area contributed by atoms with Crippen molar-refractivity contribution in [1.29, 1.82) is 0 Å². The summed E-state index contributed by atoms with van der Waals surface area (Å²) in [6, 6.07) is 13.8. The van der Waals surface area contributed by atoms with Crippen LogP contribution >= 0.6 is 0 Å². The fourth-order valence-corrected chi connectivity index (χ4v) is 3.77. The van der Waals surface area contributed by atoms with Crippen LogP contribution in [0.25, 0.3) is 22.6 Å². The average molecular weight is 390 g/mol. The highest BCUT2D eigenvalue weighted by Gasteiger charge is 2.25. The van der Waals surface area contributed by atoms with Crippen LogP contribution in [0.15, 0.2) is 47.0 Å². The van der Waals surface area contributed by atoms with Crippen molar-refractivity contribution in [3.63, 3.8) is 0 Å². The maximum atomic E-state index is 12.1. The van der Waals surface area contributed by atoms with E-state index in [4.69, 9.17) is 9.26 Å². The SMILES string of the molecule is COc1ccc2c(c1)CCc1c-2noc1-c1ccc(NC(=O)CC(C)(C)C)cc1. The molecule has 1 N–H and O–H groups in total. The van der Waals surface area contributed by atoms with Gasteiger partial charge in [-0.1, -0.05) is 25.9 Å². The number of rotatable bonds is 4. The molecule has 1 aliphatic carbocycles. The molecule has 0 bridgehead atoms. The monoisotopic (exact) mass is 390 g/mol. The van der Waals surface area contributed by atoms with Crippen LogP contribution < -0.4 is 10.1 Å². The number of amides is 1. The topological polar surface area (TPSA) is 64.4 Å². The van der Waals surface area contributed by atoms with Gasteiger partial charge in [-0.3, -0.25) is 4.79 Å².